The number of anilines is 1. The summed E-state index contributed by atoms with van der Waals surface area (Å²) < 4.78 is 35.0. The summed E-state index contributed by atoms with van der Waals surface area (Å²) in [5, 5.41) is 3.27. The Morgan fingerprint density at radius 2 is 1.57 bits per heavy atom. The van der Waals surface area contributed by atoms with Crippen molar-refractivity contribution in [3.63, 3.8) is 0 Å². The highest BCUT2D eigenvalue weighted by Crippen LogP contribution is 2.35. The first-order valence-electron chi connectivity index (χ1n) is 15.2. The second-order valence-electron chi connectivity index (χ2n) is 10.9. The number of ether oxygens (including phenoxy) is 1. The number of halogens is 1. The zero-order valence-electron chi connectivity index (χ0n) is 26.4. The van der Waals surface area contributed by atoms with Gasteiger partial charge in [0.15, 0.2) is 0 Å². The molecule has 0 heterocycles. The van der Waals surface area contributed by atoms with Gasteiger partial charge >= 0.3 is 0 Å². The first kappa shape index (κ1) is 34.5. The van der Waals surface area contributed by atoms with Crippen LogP contribution < -0.4 is 14.4 Å². The minimum atomic E-state index is -4.29. The lowest BCUT2D eigenvalue weighted by molar-refractivity contribution is -0.140. The second-order valence-corrected chi connectivity index (χ2v) is 13.2. The molecule has 2 amide bonds. The first-order valence-corrected chi connectivity index (χ1v) is 17.0. The summed E-state index contributed by atoms with van der Waals surface area (Å²) in [7, 11) is -2.87. The number of aryl methyl sites for hydroxylation is 1. The third kappa shape index (κ3) is 8.68. The van der Waals surface area contributed by atoms with Crippen molar-refractivity contribution in [3.8, 4) is 5.75 Å². The predicted octanol–water partition coefficient (Wildman–Crippen LogP) is 6.41. The number of carbonyl (C=O) groups is 2. The molecule has 0 saturated heterocycles. The molecule has 0 bridgehead atoms. The Labute approximate surface area is 277 Å². The molecule has 0 aromatic heterocycles. The van der Waals surface area contributed by atoms with E-state index in [2.05, 4.69) is 5.32 Å². The molecule has 46 heavy (non-hydrogen) atoms. The van der Waals surface area contributed by atoms with Gasteiger partial charge in [0, 0.05) is 24.5 Å². The molecule has 0 spiro atoms. The fourth-order valence-electron chi connectivity index (χ4n) is 5.12. The number of methoxy groups -OCH3 is 1. The summed E-state index contributed by atoms with van der Waals surface area (Å²) in [5.41, 5.74) is 2.75. The van der Waals surface area contributed by atoms with Gasteiger partial charge in [0.1, 0.15) is 18.3 Å². The lowest BCUT2D eigenvalue weighted by Crippen LogP contribution is -2.53. The van der Waals surface area contributed by atoms with Crippen molar-refractivity contribution >= 4 is 39.1 Å². The Balaban J connectivity index is 1.84. The Morgan fingerprint density at radius 3 is 2.22 bits per heavy atom. The van der Waals surface area contributed by atoms with E-state index in [1.807, 2.05) is 68.4 Å². The molecular weight excluding hydrogens is 622 g/mol. The maximum absolute atomic E-state index is 14.6. The molecule has 1 atom stereocenters. The molecule has 0 aliphatic carbocycles. The van der Waals surface area contributed by atoms with Gasteiger partial charge in [-0.25, -0.2) is 8.42 Å². The molecule has 0 unspecified atom stereocenters. The molecule has 0 aliphatic rings. The predicted molar refractivity (Wildman–Crippen MR) is 183 cm³/mol. The van der Waals surface area contributed by atoms with E-state index in [4.69, 9.17) is 16.3 Å². The number of carbonyl (C=O) groups excluding carboxylic acids is 2. The number of benzene rings is 4. The number of hydrogen-bond acceptors (Lipinski definition) is 5. The zero-order valence-corrected chi connectivity index (χ0v) is 27.9. The molecule has 0 radical (unpaired) electrons. The highest BCUT2D eigenvalue weighted by Gasteiger charge is 2.35. The van der Waals surface area contributed by atoms with E-state index in [0.717, 1.165) is 33.8 Å². The summed E-state index contributed by atoms with van der Waals surface area (Å²) in [6.45, 7) is 3.92. The Bertz CT molecular complexity index is 1720. The second kappa shape index (κ2) is 16.3. The van der Waals surface area contributed by atoms with E-state index >= 15 is 0 Å². The highest BCUT2D eigenvalue weighted by molar-refractivity contribution is 7.92. The van der Waals surface area contributed by atoms with Crippen LogP contribution in [-0.4, -0.2) is 51.4 Å². The number of amides is 2. The van der Waals surface area contributed by atoms with E-state index in [1.165, 1.54) is 30.2 Å². The van der Waals surface area contributed by atoms with Gasteiger partial charge in [-0.15, -0.1) is 0 Å². The Hall–Kier alpha value is -4.34. The molecule has 4 aromatic rings. The van der Waals surface area contributed by atoms with E-state index in [9.17, 15) is 18.0 Å². The lowest BCUT2D eigenvalue weighted by atomic mass is 10.0. The van der Waals surface area contributed by atoms with Gasteiger partial charge in [0.2, 0.25) is 11.8 Å². The average molecular weight is 662 g/mol. The van der Waals surface area contributed by atoms with Gasteiger partial charge in [0.05, 0.1) is 17.7 Å². The summed E-state index contributed by atoms with van der Waals surface area (Å²) >= 11 is 6.36. The lowest BCUT2D eigenvalue weighted by Gasteiger charge is -2.34. The molecule has 4 rings (SSSR count). The normalized spacial score (nSPS) is 11.8. The van der Waals surface area contributed by atoms with Crippen LogP contribution in [0.3, 0.4) is 0 Å². The van der Waals surface area contributed by atoms with Gasteiger partial charge in [-0.05, 0) is 60.4 Å². The van der Waals surface area contributed by atoms with Crippen LogP contribution in [0.15, 0.2) is 108 Å². The van der Waals surface area contributed by atoms with Crippen LogP contribution in [0.5, 0.6) is 5.75 Å². The van der Waals surface area contributed by atoms with Crippen LogP contribution in [-0.2, 0) is 32.6 Å². The van der Waals surface area contributed by atoms with Crippen molar-refractivity contribution in [1.82, 2.24) is 10.2 Å². The first-order chi connectivity index (χ1) is 22.1. The fourth-order valence-corrected chi connectivity index (χ4v) is 6.73. The van der Waals surface area contributed by atoms with Crippen molar-refractivity contribution in [2.75, 3.05) is 24.5 Å². The highest BCUT2D eigenvalue weighted by atomic mass is 35.5. The summed E-state index contributed by atoms with van der Waals surface area (Å²) in [4.78, 5) is 30.0. The molecule has 10 heteroatoms. The number of nitrogens with zero attached hydrogens (tertiary/aromatic N) is 2. The largest absolute Gasteiger partial charge is 0.495 e. The van der Waals surface area contributed by atoms with Gasteiger partial charge < -0.3 is 15.0 Å². The average Bonchev–Trinajstić information content (AvgIpc) is 3.06. The van der Waals surface area contributed by atoms with Crippen molar-refractivity contribution in [1.29, 1.82) is 0 Å². The van der Waals surface area contributed by atoms with Gasteiger partial charge in [-0.1, -0.05) is 97.7 Å². The quantitative estimate of drug-likeness (QED) is 0.149. The van der Waals surface area contributed by atoms with E-state index in [-0.39, 0.29) is 40.2 Å². The van der Waals surface area contributed by atoms with Crippen LogP contribution in [0.1, 0.15) is 36.5 Å². The number of unbranched alkanes of at least 4 members (excludes halogenated alkanes) is 1. The van der Waals surface area contributed by atoms with Crippen LogP contribution in [0.25, 0.3) is 0 Å². The third-order valence-electron chi connectivity index (χ3n) is 7.72. The number of sulfonamides is 1. The van der Waals surface area contributed by atoms with Crippen molar-refractivity contribution in [2.45, 2.75) is 50.6 Å². The number of nitrogens with one attached hydrogen (secondary N) is 1. The number of rotatable bonds is 15. The van der Waals surface area contributed by atoms with E-state index in [1.54, 1.807) is 30.3 Å². The SMILES string of the molecule is CCCCNC(=O)[C@H](Cc1ccccc1)N(Cc1ccccc1C)C(=O)CN(c1cc(Cl)ccc1OC)S(=O)(=O)c1ccccc1. The number of hydrogen-bond donors (Lipinski definition) is 1. The van der Waals surface area contributed by atoms with Crippen LogP contribution in [0.4, 0.5) is 5.69 Å². The molecule has 8 nitrogen and oxygen atoms in total. The van der Waals surface area contributed by atoms with E-state index < -0.39 is 28.5 Å². The summed E-state index contributed by atoms with van der Waals surface area (Å²) in [6, 6.07) is 28.6. The Morgan fingerprint density at radius 1 is 0.913 bits per heavy atom. The van der Waals surface area contributed by atoms with Gasteiger partial charge in [0.25, 0.3) is 10.0 Å². The molecule has 0 fully saturated rings. The van der Waals surface area contributed by atoms with Crippen LogP contribution in [0, 0.1) is 6.92 Å². The summed E-state index contributed by atoms with van der Waals surface area (Å²) in [5.74, 6) is -0.645. The minimum Gasteiger partial charge on any atom is -0.495 e. The van der Waals surface area contributed by atoms with Crippen LogP contribution in [0.2, 0.25) is 5.02 Å². The molecule has 0 aliphatic heterocycles. The van der Waals surface area contributed by atoms with Crippen molar-refractivity contribution in [3.05, 3.63) is 125 Å². The van der Waals surface area contributed by atoms with E-state index in [0.29, 0.717) is 6.54 Å². The van der Waals surface area contributed by atoms with Crippen molar-refractivity contribution in [2.24, 2.45) is 0 Å². The smallest absolute Gasteiger partial charge is 0.264 e. The minimum absolute atomic E-state index is 0.00609. The molecule has 242 valence electrons. The third-order valence-corrected chi connectivity index (χ3v) is 9.73. The standard InChI is InChI=1S/C36H40ClN3O5S/c1-4-5-22-38-36(42)33(23-28-15-8-6-9-16-28)39(25-29-17-13-12-14-27(29)2)35(41)26-40(32-24-30(37)20-21-34(32)45-3)46(43,44)31-18-10-7-11-19-31/h6-21,24,33H,4-5,22-23,25-26H2,1-3H3,(H,38,42)/t33-/m0/s1. The zero-order chi connectivity index (χ0) is 33.1. The summed E-state index contributed by atoms with van der Waals surface area (Å²) in [6.07, 6.45) is 1.92. The molecule has 1 N–H and O–H groups in total. The maximum Gasteiger partial charge on any atom is 0.264 e. The molecule has 4 aromatic carbocycles. The topological polar surface area (TPSA) is 96.0 Å². The van der Waals surface area contributed by atoms with Crippen molar-refractivity contribution < 1.29 is 22.7 Å². The molecule has 0 saturated carbocycles. The Kier molecular flexibility index (Phi) is 12.2. The van der Waals surface area contributed by atoms with Crippen LogP contribution >= 0.6 is 11.6 Å². The monoisotopic (exact) mass is 661 g/mol. The molecular formula is C36H40ClN3O5S. The van der Waals surface area contributed by atoms with Gasteiger partial charge in [-0.3, -0.25) is 13.9 Å². The van der Waals surface area contributed by atoms with Gasteiger partial charge in [-0.2, -0.15) is 0 Å². The maximum atomic E-state index is 14.6. The fraction of sp³-hybridized carbons (Fsp3) is 0.278.